The number of nitrogens with zero attached hydrogens (tertiary/aromatic N) is 3. The summed E-state index contributed by atoms with van der Waals surface area (Å²) in [4.78, 5) is 22.8. The van der Waals surface area contributed by atoms with Gasteiger partial charge in [-0.15, -0.1) is 23.8 Å². The van der Waals surface area contributed by atoms with Crippen LogP contribution in [0.5, 0.6) is 0 Å². The molecule has 2 heterocycles. The van der Waals surface area contributed by atoms with Gasteiger partial charge in [-0.3, -0.25) is 14.4 Å². The van der Waals surface area contributed by atoms with Gasteiger partial charge in [0.2, 0.25) is 0 Å². The predicted octanol–water partition coefficient (Wildman–Crippen LogP) is 13.6. The van der Waals surface area contributed by atoms with Gasteiger partial charge in [-0.25, -0.2) is 9.78 Å². The Kier molecular flexibility index (Phi) is 14.2. The molecule has 0 bridgehead atoms. The van der Waals surface area contributed by atoms with Crippen LogP contribution < -0.4 is 0 Å². The van der Waals surface area contributed by atoms with E-state index in [-0.39, 0.29) is 42.4 Å². The molecule has 0 unspecified atom stereocenters. The average molecular weight is 975 g/mol. The molecule has 2 aromatic heterocycles. The first-order valence-corrected chi connectivity index (χ1v) is 20.1. The van der Waals surface area contributed by atoms with Gasteiger partial charge >= 0.3 is 5.97 Å². The van der Waals surface area contributed by atoms with Crippen LogP contribution in [0.25, 0.3) is 55.9 Å². The molecular weight excluding hydrogens is 922 g/mol. The molecule has 0 aliphatic carbocycles. The molecule has 0 saturated heterocycles. The second kappa shape index (κ2) is 18.7. The maximum atomic E-state index is 15.5. The van der Waals surface area contributed by atoms with E-state index in [0.717, 1.165) is 39.8 Å². The largest absolute Gasteiger partial charge is 0.477 e. The number of aryl methyl sites for hydroxylation is 3. The first-order valence-electron chi connectivity index (χ1n) is 20.1. The summed E-state index contributed by atoms with van der Waals surface area (Å²) < 4.78 is 15.5. The molecule has 60 heavy (non-hydrogen) atoms. The van der Waals surface area contributed by atoms with Crippen molar-refractivity contribution >= 4 is 5.97 Å². The van der Waals surface area contributed by atoms with Crippen molar-refractivity contribution in [3.63, 3.8) is 0 Å². The molecule has 0 amide bonds. The zero-order valence-electron chi connectivity index (χ0n) is 36.2. The summed E-state index contributed by atoms with van der Waals surface area (Å²) in [5.41, 5.74) is 16.4. The molecule has 0 atom stereocenters. The summed E-state index contributed by atoms with van der Waals surface area (Å²) >= 11 is 0. The van der Waals surface area contributed by atoms with Gasteiger partial charge in [0.15, 0.2) is 0 Å². The van der Waals surface area contributed by atoms with Crippen LogP contribution in [-0.2, 0) is 37.4 Å². The third kappa shape index (κ3) is 10.4. The number of hydrogen-bond acceptors (Lipinski definition) is 4. The summed E-state index contributed by atoms with van der Waals surface area (Å²) in [6.07, 6.45) is 5.96. The number of carbonyl (C=O) groups is 1. The fourth-order valence-electron chi connectivity index (χ4n) is 7.16. The Morgan fingerprint density at radius 2 is 1.17 bits per heavy atom. The molecule has 0 saturated carbocycles. The molecule has 7 heteroatoms. The Hall–Kier alpha value is -5.62. The van der Waals surface area contributed by atoms with E-state index in [2.05, 4.69) is 163 Å². The number of aromatic carboxylic acids is 1. The SMILES string of the molecule is CCc1cnc(-c2[c-]cc(F)c(-c3cc(C)c(-c4cc(-c5ccc(C(C)(C)C)cc5)c(C)c(-c5ccc(C(C)(C)C)cc5)c4)cc3C)c2)nc1.O=C(O)c1ccccn1.[Ir]. The van der Waals surface area contributed by atoms with Gasteiger partial charge < -0.3 is 5.11 Å². The van der Waals surface area contributed by atoms with Crippen molar-refractivity contribution in [3.05, 3.63) is 173 Å². The van der Waals surface area contributed by atoms with Gasteiger partial charge in [-0.05, 0) is 135 Å². The van der Waals surface area contributed by atoms with Crippen molar-refractivity contribution in [1.82, 2.24) is 15.0 Å². The number of pyridine rings is 1. The van der Waals surface area contributed by atoms with Gasteiger partial charge in [0, 0.05) is 44.5 Å². The second-order valence-corrected chi connectivity index (χ2v) is 17.2. The van der Waals surface area contributed by atoms with Crippen LogP contribution >= 0.6 is 0 Å². The van der Waals surface area contributed by atoms with Crippen molar-refractivity contribution in [2.45, 2.75) is 86.5 Å². The molecule has 7 rings (SSSR count). The molecule has 0 fully saturated rings. The molecule has 0 spiro atoms. The number of hydrogen-bond donors (Lipinski definition) is 1. The molecule has 1 radical (unpaired) electrons. The predicted molar refractivity (Wildman–Crippen MR) is 240 cm³/mol. The van der Waals surface area contributed by atoms with Gasteiger partial charge in [-0.2, -0.15) is 0 Å². The van der Waals surface area contributed by atoms with Crippen LogP contribution in [0.2, 0.25) is 0 Å². The molecule has 309 valence electrons. The Bertz CT molecular complexity index is 2510. The topological polar surface area (TPSA) is 76.0 Å². The van der Waals surface area contributed by atoms with Crippen molar-refractivity contribution < 1.29 is 34.4 Å². The van der Waals surface area contributed by atoms with Crippen LogP contribution in [0.4, 0.5) is 4.39 Å². The zero-order valence-corrected chi connectivity index (χ0v) is 38.6. The van der Waals surface area contributed by atoms with Gasteiger partial charge in [0.1, 0.15) is 5.69 Å². The third-order valence-corrected chi connectivity index (χ3v) is 10.8. The summed E-state index contributed by atoms with van der Waals surface area (Å²) in [6.45, 7) is 22.0. The van der Waals surface area contributed by atoms with E-state index in [9.17, 15) is 4.79 Å². The van der Waals surface area contributed by atoms with Crippen LogP contribution in [0.15, 0.2) is 122 Å². The van der Waals surface area contributed by atoms with Crippen LogP contribution in [0, 0.1) is 32.7 Å². The molecule has 0 aliphatic rings. The number of carboxylic acids is 1. The first-order chi connectivity index (χ1) is 27.9. The van der Waals surface area contributed by atoms with Gasteiger partial charge in [-0.1, -0.05) is 121 Å². The van der Waals surface area contributed by atoms with Crippen molar-refractivity contribution in [3.8, 4) is 55.9 Å². The smallest absolute Gasteiger partial charge is 0.354 e. The second-order valence-electron chi connectivity index (χ2n) is 17.2. The quantitative estimate of drug-likeness (QED) is 0.161. The van der Waals surface area contributed by atoms with E-state index in [1.807, 2.05) is 18.5 Å². The summed E-state index contributed by atoms with van der Waals surface area (Å²) in [5.74, 6) is -0.762. The Labute approximate surface area is 368 Å². The Morgan fingerprint density at radius 1 is 0.650 bits per heavy atom. The molecule has 5 aromatic carbocycles. The fraction of sp³-hybridized carbons (Fsp3) is 0.245. The number of rotatable bonds is 7. The van der Waals surface area contributed by atoms with E-state index < -0.39 is 5.97 Å². The monoisotopic (exact) mass is 975 g/mol. The zero-order chi connectivity index (χ0) is 42.6. The third-order valence-electron chi connectivity index (χ3n) is 10.8. The van der Waals surface area contributed by atoms with E-state index >= 15 is 4.39 Å². The minimum Gasteiger partial charge on any atom is -0.477 e. The molecular formula is C53H53FIrN3O2-. The van der Waals surface area contributed by atoms with E-state index in [1.54, 1.807) is 12.1 Å². The maximum absolute atomic E-state index is 15.5. The number of halogens is 1. The minimum absolute atomic E-state index is 0. The Morgan fingerprint density at radius 3 is 1.62 bits per heavy atom. The average Bonchev–Trinajstić information content (AvgIpc) is 3.22. The maximum Gasteiger partial charge on any atom is 0.354 e. The fourth-order valence-corrected chi connectivity index (χ4v) is 7.16. The van der Waals surface area contributed by atoms with Crippen LogP contribution in [0.1, 0.15) is 92.3 Å². The Balaban J connectivity index is 0.000000605. The minimum atomic E-state index is -0.990. The molecule has 0 aliphatic heterocycles. The number of aromatic nitrogens is 3. The van der Waals surface area contributed by atoms with Gasteiger partial charge in [0.05, 0.1) is 5.82 Å². The molecule has 1 N–H and O–H groups in total. The van der Waals surface area contributed by atoms with Crippen LogP contribution in [0.3, 0.4) is 0 Å². The molecule has 7 aromatic rings. The summed E-state index contributed by atoms with van der Waals surface area (Å²) in [5, 5.41) is 8.32. The number of carboxylic acid groups (broad SMARTS) is 1. The first kappa shape index (κ1) is 45.5. The van der Waals surface area contributed by atoms with Crippen molar-refractivity contribution in [1.29, 1.82) is 0 Å². The molecule has 5 nitrogen and oxygen atoms in total. The van der Waals surface area contributed by atoms with Gasteiger partial charge in [0.25, 0.3) is 0 Å². The normalized spacial score (nSPS) is 11.3. The van der Waals surface area contributed by atoms with E-state index in [0.29, 0.717) is 17.0 Å². The van der Waals surface area contributed by atoms with Crippen molar-refractivity contribution in [2.24, 2.45) is 0 Å². The standard InChI is InChI=1S/C47H48FN2.C6H5NO2.Ir/c1-11-32-27-49-45(50-28-32)35-16-21-44(48)43(24-35)40-23-29(2)39(22-30(40)3)36-25-41(33-12-17-37(18-13-33)46(5,6)7)31(4)42(26-36)34-14-19-38(20-15-34)47(8,9)10;8-6(9)5-3-1-2-4-7-5;/h12-15,17-28H,11H2,1-10H3;1-4H,(H,8,9);/q-1;;. The van der Waals surface area contributed by atoms with Crippen molar-refractivity contribution in [2.75, 3.05) is 0 Å². The van der Waals surface area contributed by atoms with E-state index in [1.165, 1.54) is 57.3 Å². The summed E-state index contributed by atoms with van der Waals surface area (Å²) in [7, 11) is 0. The number of benzene rings is 5. The van der Waals surface area contributed by atoms with Crippen LogP contribution in [-0.4, -0.2) is 26.0 Å². The van der Waals surface area contributed by atoms with E-state index in [4.69, 9.17) is 5.11 Å². The summed E-state index contributed by atoms with van der Waals surface area (Å²) in [6, 6.07) is 38.0.